The topological polar surface area (TPSA) is 76.0 Å². The fourth-order valence-electron chi connectivity index (χ4n) is 2.77. The fourth-order valence-corrected chi connectivity index (χ4v) is 3.36. The predicted molar refractivity (Wildman–Crippen MR) is 104 cm³/mol. The summed E-state index contributed by atoms with van der Waals surface area (Å²) in [6.45, 7) is 12.1. The lowest BCUT2D eigenvalue weighted by Crippen LogP contribution is -2.18. The molecule has 2 N–H and O–H groups in total. The summed E-state index contributed by atoms with van der Waals surface area (Å²) in [6, 6.07) is 0. The summed E-state index contributed by atoms with van der Waals surface area (Å²) >= 11 is 0. The standard InChI is InChI=1S/C19H41O5P/c1-18(2,13-10-14-20)11-6-8-15-23-16-9-7-12-19(3,4)17-24-25(5,21)22/h20H,6-17H2,1-5H3,(H,21,22). The first-order valence-electron chi connectivity index (χ1n) is 9.61. The number of hydrogen-bond acceptors (Lipinski definition) is 4. The van der Waals surface area contributed by atoms with Crippen LogP contribution in [0.1, 0.15) is 79.1 Å². The number of aliphatic hydroxyl groups excluding tert-OH is 1. The third-order valence-corrected chi connectivity index (χ3v) is 5.10. The second-order valence-corrected chi connectivity index (χ2v) is 10.6. The summed E-state index contributed by atoms with van der Waals surface area (Å²) < 4.78 is 21.9. The minimum Gasteiger partial charge on any atom is -0.396 e. The summed E-state index contributed by atoms with van der Waals surface area (Å²) in [5.74, 6) is 0. The van der Waals surface area contributed by atoms with Crippen molar-refractivity contribution in [2.45, 2.75) is 79.1 Å². The van der Waals surface area contributed by atoms with Gasteiger partial charge in [-0.3, -0.25) is 4.57 Å². The predicted octanol–water partition coefficient (Wildman–Crippen LogP) is 5.00. The van der Waals surface area contributed by atoms with Crippen molar-refractivity contribution in [3.8, 4) is 0 Å². The van der Waals surface area contributed by atoms with E-state index in [0.29, 0.717) is 12.0 Å². The highest BCUT2D eigenvalue weighted by Gasteiger charge is 2.22. The maximum atomic E-state index is 11.2. The van der Waals surface area contributed by atoms with Crippen molar-refractivity contribution in [2.75, 3.05) is 33.1 Å². The molecule has 1 unspecified atom stereocenters. The second kappa shape index (κ2) is 12.5. The molecule has 25 heavy (non-hydrogen) atoms. The third kappa shape index (κ3) is 17.3. The van der Waals surface area contributed by atoms with Crippen LogP contribution in [0.4, 0.5) is 0 Å². The monoisotopic (exact) mass is 380 g/mol. The maximum absolute atomic E-state index is 11.2. The first-order valence-corrected chi connectivity index (χ1v) is 11.6. The van der Waals surface area contributed by atoms with E-state index in [9.17, 15) is 9.46 Å². The van der Waals surface area contributed by atoms with Crippen LogP contribution < -0.4 is 0 Å². The average molecular weight is 381 g/mol. The van der Waals surface area contributed by atoms with Crippen molar-refractivity contribution in [3.63, 3.8) is 0 Å². The Balaban J connectivity index is 3.56. The van der Waals surface area contributed by atoms with Crippen LogP contribution in [0.3, 0.4) is 0 Å². The van der Waals surface area contributed by atoms with Gasteiger partial charge in [0.05, 0.1) is 6.61 Å². The molecule has 0 aliphatic heterocycles. The van der Waals surface area contributed by atoms with Crippen molar-refractivity contribution in [2.24, 2.45) is 10.8 Å². The molecule has 0 aliphatic carbocycles. The molecule has 152 valence electrons. The number of aliphatic hydroxyl groups is 1. The normalized spacial score (nSPS) is 15.3. The molecule has 0 saturated heterocycles. The summed E-state index contributed by atoms with van der Waals surface area (Å²) in [7, 11) is -3.38. The van der Waals surface area contributed by atoms with Crippen molar-refractivity contribution in [1.82, 2.24) is 0 Å². The molecule has 6 heteroatoms. The van der Waals surface area contributed by atoms with Gasteiger partial charge in [0.1, 0.15) is 0 Å². The van der Waals surface area contributed by atoms with Crippen molar-refractivity contribution < 1.29 is 23.8 Å². The van der Waals surface area contributed by atoms with E-state index >= 15 is 0 Å². The lowest BCUT2D eigenvalue weighted by atomic mass is 9.83. The first kappa shape index (κ1) is 25.1. The number of hydrogen-bond donors (Lipinski definition) is 2. The molecule has 0 bridgehead atoms. The van der Waals surface area contributed by atoms with Crippen molar-refractivity contribution in [3.05, 3.63) is 0 Å². The van der Waals surface area contributed by atoms with E-state index in [4.69, 9.17) is 14.4 Å². The van der Waals surface area contributed by atoms with E-state index < -0.39 is 7.60 Å². The number of rotatable bonds is 16. The summed E-state index contributed by atoms with van der Waals surface area (Å²) in [4.78, 5) is 9.19. The van der Waals surface area contributed by atoms with Crippen LogP contribution in [0.15, 0.2) is 0 Å². The Labute approximate surface area is 155 Å². The molecule has 0 radical (unpaired) electrons. The third-order valence-electron chi connectivity index (χ3n) is 4.49. The first-order chi connectivity index (χ1) is 11.5. The Hall–Kier alpha value is 0.0700. The van der Waals surface area contributed by atoms with Gasteiger partial charge in [-0.1, -0.05) is 40.5 Å². The lowest BCUT2D eigenvalue weighted by Gasteiger charge is -2.25. The minimum atomic E-state index is -3.38. The molecule has 0 saturated carbocycles. The molecular formula is C19H41O5P. The summed E-state index contributed by atoms with van der Waals surface area (Å²) in [5, 5.41) is 8.91. The van der Waals surface area contributed by atoms with Crippen LogP contribution >= 0.6 is 7.60 Å². The SMILES string of the molecule is CC(C)(CCCO)CCCCOCCCCC(C)(C)COP(C)(=O)O. The van der Waals surface area contributed by atoms with Gasteiger partial charge < -0.3 is 19.3 Å². The van der Waals surface area contributed by atoms with Gasteiger partial charge in [-0.2, -0.15) is 0 Å². The molecular weight excluding hydrogens is 339 g/mol. The quantitative estimate of drug-likeness (QED) is 0.291. The van der Waals surface area contributed by atoms with E-state index in [1.54, 1.807) is 0 Å². The van der Waals surface area contributed by atoms with E-state index in [1.807, 2.05) is 0 Å². The van der Waals surface area contributed by atoms with Gasteiger partial charge >= 0.3 is 7.60 Å². The van der Waals surface area contributed by atoms with Gasteiger partial charge in [0, 0.05) is 26.5 Å². The molecule has 0 aromatic carbocycles. The molecule has 0 rings (SSSR count). The molecule has 1 atom stereocenters. The maximum Gasteiger partial charge on any atom is 0.325 e. The second-order valence-electron chi connectivity index (χ2n) is 8.76. The van der Waals surface area contributed by atoms with E-state index in [-0.39, 0.29) is 12.0 Å². The van der Waals surface area contributed by atoms with E-state index in [1.165, 1.54) is 19.5 Å². The zero-order valence-corrected chi connectivity index (χ0v) is 17.9. The van der Waals surface area contributed by atoms with Gasteiger partial charge in [-0.05, 0) is 49.4 Å². The molecule has 5 nitrogen and oxygen atoms in total. The number of unbranched alkanes of at least 4 members (excludes halogenated alkanes) is 2. The lowest BCUT2D eigenvalue weighted by molar-refractivity contribution is 0.113. The highest BCUT2D eigenvalue weighted by molar-refractivity contribution is 7.51. The van der Waals surface area contributed by atoms with Crippen molar-refractivity contribution in [1.29, 1.82) is 0 Å². The molecule has 0 aliphatic rings. The van der Waals surface area contributed by atoms with Crippen LogP contribution in [-0.2, 0) is 13.8 Å². The molecule has 0 aromatic heterocycles. The Bertz CT molecular complexity index is 376. The smallest absolute Gasteiger partial charge is 0.325 e. The van der Waals surface area contributed by atoms with E-state index in [0.717, 1.165) is 51.7 Å². The Kier molecular flexibility index (Phi) is 12.5. The highest BCUT2D eigenvalue weighted by atomic mass is 31.2. The van der Waals surface area contributed by atoms with Crippen LogP contribution in [0.5, 0.6) is 0 Å². The van der Waals surface area contributed by atoms with Gasteiger partial charge in [0.15, 0.2) is 0 Å². The largest absolute Gasteiger partial charge is 0.396 e. The fraction of sp³-hybridized carbons (Fsp3) is 1.00. The zero-order valence-electron chi connectivity index (χ0n) is 17.1. The van der Waals surface area contributed by atoms with Gasteiger partial charge in [0.2, 0.25) is 0 Å². The van der Waals surface area contributed by atoms with E-state index in [2.05, 4.69) is 27.7 Å². The Morgan fingerprint density at radius 1 is 0.840 bits per heavy atom. The van der Waals surface area contributed by atoms with Crippen LogP contribution in [0, 0.1) is 10.8 Å². The molecule has 0 spiro atoms. The molecule has 0 fully saturated rings. The Morgan fingerprint density at radius 3 is 1.80 bits per heavy atom. The Morgan fingerprint density at radius 2 is 1.32 bits per heavy atom. The van der Waals surface area contributed by atoms with Crippen LogP contribution in [0.25, 0.3) is 0 Å². The molecule has 0 aromatic rings. The van der Waals surface area contributed by atoms with Crippen molar-refractivity contribution >= 4 is 7.60 Å². The molecule has 0 heterocycles. The number of ether oxygens (including phenoxy) is 1. The highest BCUT2D eigenvalue weighted by Crippen LogP contribution is 2.39. The molecule has 0 amide bonds. The van der Waals surface area contributed by atoms with Crippen LogP contribution in [0.2, 0.25) is 0 Å². The van der Waals surface area contributed by atoms with Gasteiger partial charge in [-0.25, -0.2) is 0 Å². The minimum absolute atomic E-state index is 0.0887. The van der Waals surface area contributed by atoms with Gasteiger partial charge in [0.25, 0.3) is 0 Å². The van der Waals surface area contributed by atoms with Gasteiger partial charge in [-0.15, -0.1) is 0 Å². The zero-order chi connectivity index (χ0) is 19.4. The summed E-state index contributed by atoms with van der Waals surface area (Å²) in [5.41, 5.74) is 0.224. The summed E-state index contributed by atoms with van der Waals surface area (Å²) in [6.07, 6.45) is 8.39. The average Bonchev–Trinajstić information content (AvgIpc) is 2.49. The van der Waals surface area contributed by atoms with Crippen LogP contribution in [-0.4, -0.2) is 43.1 Å².